The van der Waals surface area contributed by atoms with Gasteiger partial charge >= 0.3 is 0 Å². The quantitative estimate of drug-likeness (QED) is 0.782. The van der Waals surface area contributed by atoms with E-state index in [0.717, 1.165) is 11.0 Å². The van der Waals surface area contributed by atoms with Crippen LogP contribution in [0.25, 0.3) is 0 Å². The van der Waals surface area contributed by atoms with Crippen molar-refractivity contribution in [1.82, 2.24) is 10.3 Å². The third-order valence-corrected chi connectivity index (χ3v) is 3.47. The van der Waals surface area contributed by atoms with Gasteiger partial charge in [-0.15, -0.1) is 11.3 Å². The van der Waals surface area contributed by atoms with Crippen LogP contribution in [0.2, 0.25) is 0 Å². The molecule has 0 radical (unpaired) electrons. The lowest BCUT2D eigenvalue weighted by molar-refractivity contribution is 0.348. The van der Waals surface area contributed by atoms with E-state index in [0.29, 0.717) is 0 Å². The monoisotopic (exact) mass is 197 g/mol. The van der Waals surface area contributed by atoms with Crippen molar-refractivity contribution in [2.75, 3.05) is 32.1 Å². The molecule has 1 aliphatic rings. The van der Waals surface area contributed by atoms with Crippen molar-refractivity contribution in [2.24, 2.45) is 5.92 Å². The van der Waals surface area contributed by atoms with E-state index in [1.165, 1.54) is 24.4 Å². The first-order valence-corrected chi connectivity index (χ1v) is 5.40. The zero-order valence-corrected chi connectivity index (χ0v) is 8.90. The summed E-state index contributed by atoms with van der Waals surface area (Å²) in [5, 5.41) is 4.40. The molecular formula is C9H15N3S. The molecule has 1 aliphatic heterocycles. The molecule has 0 amide bonds. The van der Waals surface area contributed by atoms with Crippen LogP contribution < -0.4 is 10.2 Å². The summed E-state index contributed by atoms with van der Waals surface area (Å²) in [6.07, 6.45) is 3.21. The van der Waals surface area contributed by atoms with Gasteiger partial charge in [0.05, 0.1) is 0 Å². The lowest BCUT2D eigenvalue weighted by atomic mass is 9.99. The Hall–Kier alpha value is -0.610. The van der Waals surface area contributed by atoms with E-state index in [2.05, 4.69) is 15.2 Å². The molecule has 2 rings (SSSR count). The highest BCUT2D eigenvalue weighted by atomic mass is 32.1. The fourth-order valence-electron chi connectivity index (χ4n) is 1.38. The first kappa shape index (κ1) is 8.97. The van der Waals surface area contributed by atoms with E-state index in [4.69, 9.17) is 0 Å². The molecule has 0 atom stereocenters. The second-order valence-corrected chi connectivity index (χ2v) is 4.83. The summed E-state index contributed by atoms with van der Waals surface area (Å²) in [5.41, 5.74) is 0. The van der Waals surface area contributed by atoms with Crippen molar-refractivity contribution >= 4 is 16.5 Å². The zero-order chi connectivity index (χ0) is 9.26. The molecular weight excluding hydrogens is 182 g/mol. The molecule has 1 aromatic rings. The Balaban J connectivity index is 1.96. The molecule has 0 unspecified atom stereocenters. The van der Waals surface area contributed by atoms with Crippen LogP contribution in [0.4, 0.5) is 5.13 Å². The van der Waals surface area contributed by atoms with E-state index in [-0.39, 0.29) is 0 Å². The summed E-state index contributed by atoms with van der Waals surface area (Å²) in [4.78, 5) is 7.83. The van der Waals surface area contributed by atoms with Crippen molar-refractivity contribution in [3.05, 3.63) is 11.1 Å². The van der Waals surface area contributed by atoms with Crippen LogP contribution in [-0.2, 0) is 6.42 Å². The lowest BCUT2D eigenvalue weighted by Gasteiger charge is -2.26. The first-order valence-electron chi connectivity index (χ1n) is 4.58. The molecule has 1 aromatic heterocycles. The van der Waals surface area contributed by atoms with Gasteiger partial charge in [0.1, 0.15) is 0 Å². The lowest BCUT2D eigenvalue weighted by Crippen LogP contribution is -2.42. The van der Waals surface area contributed by atoms with E-state index in [9.17, 15) is 0 Å². The summed E-state index contributed by atoms with van der Waals surface area (Å²) in [6, 6.07) is 0. The average molecular weight is 197 g/mol. The molecule has 2 heterocycles. The Morgan fingerprint density at radius 1 is 1.62 bits per heavy atom. The van der Waals surface area contributed by atoms with Crippen molar-refractivity contribution in [3.8, 4) is 0 Å². The van der Waals surface area contributed by atoms with Gasteiger partial charge < -0.3 is 10.2 Å². The molecule has 0 aromatic carbocycles. The first-order chi connectivity index (χ1) is 6.25. The van der Waals surface area contributed by atoms with Crippen LogP contribution in [0.15, 0.2) is 6.20 Å². The number of nitrogens with one attached hydrogen (secondary N) is 1. The summed E-state index contributed by atoms with van der Waals surface area (Å²) < 4.78 is 0. The normalized spacial score (nSPS) is 17.1. The Labute approximate surface area is 82.8 Å². The second kappa shape index (κ2) is 3.64. The standard InChI is InChI=1S/C9H15N3S/c1-12(2)9-11-6-8(13-9)3-7-4-10-5-7/h6-7,10H,3-5H2,1-2H3. The smallest absolute Gasteiger partial charge is 0.184 e. The van der Waals surface area contributed by atoms with Gasteiger partial charge in [-0.1, -0.05) is 0 Å². The summed E-state index contributed by atoms with van der Waals surface area (Å²) in [5.74, 6) is 0.843. The van der Waals surface area contributed by atoms with E-state index >= 15 is 0 Å². The van der Waals surface area contributed by atoms with Crippen molar-refractivity contribution in [1.29, 1.82) is 0 Å². The van der Waals surface area contributed by atoms with Gasteiger partial charge in [-0.2, -0.15) is 0 Å². The predicted molar refractivity (Wildman–Crippen MR) is 56.5 cm³/mol. The molecule has 1 N–H and O–H groups in total. The molecule has 1 saturated heterocycles. The van der Waals surface area contributed by atoms with Crippen molar-refractivity contribution in [3.63, 3.8) is 0 Å². The van der Waals surface area contributed by atoms with Gasteiger partial charge in [0, 0.05) is 25.2 Å². The predicted octanol–water partition coefficient (Wildman–Crippen LogP) is 0.971. The molecule has 0 bridgehead atoms. The number of thiazole rings is 1. The third kappa shape index (κ3) is 2.00. The molecule has 0 spiro atoms. The maximum atomic E-state index is 4.35. The number of anilines is 1. The van der Waals surface area contributed by atoms with Crippen LogP contribution >= 0.6 is 11.3 Å². The molecule has 72 valence electrons. The van der Waals surface area contributed by atoms with Crippen LogP contribution in [-0.4, -0.2) is 32.2 Å². The zero-order valence-electron chi connectivity index (χ0n) is 8.08. The van der Waals surface area contributed by atoms with Crippen LogP contribution in [0.5, 0.6) is 0 Å². The van der Waals surface area contributed by atoms with Gasteiger partial charge in [-0.05, 0) is 25.4 Å². The summed E-state index contributed by atoms with van der Waals surface area (Å²) in [6.45, 7) is 2.35. The molecule has 3 nitrogen and oxygen atoms in total. The van der Waals surface area contributed by atoms with E-state index in [1.807, 2.05) is 20.3 Å². The molecule has 0 aliphatic carbocycles. The molecule has 1 fully saturated rings. The summed E-state index contributed by atoms with van der Waals surface area (Å²) in [7, 11) is 4.07. The van der Waals surface area contributed by atoms with Crippen LogP contribution in [0.1, 0.15) is 4.88 Å². The topological polar surface area (TPSA) is 28.2 Å². The van der Waals surface area contributed by atoms with Gasteiger partial charge in [-0.25, -0.2) is 4.98 Å². The SMILES string of the molecule is CN(C)c1ncc(CC2CNC2)s1. The van der Waals surface area contributed by atoms with Gasteiger partial charge in [0.25, 0.3) is 0 Å². The fourth-order valence-corrected chi connectivity index (χ4v) is 2.32. The van der Waals surface area contributed by atoms with E-state index < -0.39 is 0 Å². The fraction of sp³-hybridized carbons (Fsp3) is 0.667. The minimum atomic E-state index is 0.843. The van der Waals surface area contributed by atoms with E-state index in [1.54, 1.807) is 11.3 Å². The highest BCUT2D eigenvalue weighted by Gasteiger charge is 2.18. The Kier molecular flexibility index (Phi) is 2.51. The van der Waals surface area contributed by atoms with Crippen molar-refractivity contribution < 1.29 is 0 Å². The third-order valence-electron chi connectivity index (χ3n) is 2.28. The molecule has 0 saturated carbocycles. The minimum absolute atomic E-state index is 0.843. The largest absolute Gasteiger partial charge is 0.354 e. The Morgan fingerprint density at radius 3 is 2.85 bits per heavy atom. The summed E-state index contributed by atoms with van der Waals surface area (Å²) >= 11 is 1.81. The highest BCUT2D eigenvalue weighted by Crippen LogP contribution is 2.23. The molecule has 4 heteroatoms. The van der Waals surface area contributed by atoms with Gasteiger partial charge in [0.15, 0.2) is 5.13 Å². The van der Waals surface area contributed by atoms with Crippen LogP contribution in [0, 0.1) is 5.92 Å². The van der Waals surface area contributed by atoms with Crippen molar-refractivity contribution in [2.45, 2.75) is 6.42 Å². The number of nitrogens with zero attached hydrogens (tertiary/aromatic N) is 2. The maximum Gasteiger partial charge on any atom is 0.184 e. The second-order valence-electron chi connectivity index (χ2n) is 3.73. The van der Waals surface area contributed by atoms with Gasteiger partial charge in [-0.3, -0.25) is 0 Å². The Morgan fingerprint density at radius 2 is 2.38 bits per heavy atom. The number of hydrogen-bond donors (Lipinski definition) is 1. The number of rotatable bonds is 3. The average Bonchev–Trinajstić information content (AvgIpc) is 2.44. The number of aromatic nitrogens is 1. The Bertz CT molecular complexity index is 278. The number of hydrogen-bond acceptors (Lipinski definition) is 4. The molecule has 13 heavy (non-hydrogen) atoms. The highest BCUT2D eigenvalue weighted by molar-refractivity contribution is 7.15. The van der Waals surface area contributed by atoms with Gasteiger partial charge in [0.2, 0.25) is 0 Å². The van der Waals surface area contributed by atoms with Crippen LogP contribution in [0.3, 0.4) is 0 Å². The maximum absolute atomic E-state index is 4.35. The minimum Gasteiger partial charge on any atom is -0.354 e.